The minimum absolute atomic E-state index is 0.423. The Balaban J connectivity index is 2.00. The highest BCUT2D eigenvalue weighted by Crippen LogP contribution is 2.23. The van der Waals surface area contributed by atoms with Gasteiger partial charge < -0.3 is 20.9 Å². The molecule has 5 nitrogen and oxygen atoms in total. The van der Waals surface area contributed by atoms with Crippen LogP contribution in [-0.4, -0.2) is 23.2 Å². The van der Waals surface area contributed by atoms with Crippen molar-refractivity contribution < 1.29 is 14.6 Å². The fourth-order valence-corrected chi connectivity index (χ4v) is 1.88. The van der Waals surface area contributed by atoms with E-state index >= 15 is 0 Å². The molecule has 0 unspecified atom stereocenters. The van der Waals surface area contributed by atoms with Crippen molar-refractivity contribution in [3.8, 4) is 11.5 Å². The number of aryl methyl sites for hydroxylation is 1. The van der Waals surface area contributed by atoms with E-state index < -0.39 is 18.1 Å². The van der Waals surface area contributed by atoms with Crippen molar-refractivity contribution in [3.05, 3.63) is 54.1 Å². The van der Waals surface area contributed by atoms with Gasteiger partial charge in [-0.25, -0.2) is 0 Å². The molecule has 0 aliphatic rings. The smallest absolute Gasteiger partial charge is 0.246 e. The van der Waals surface area contributed by atoms with E-state index in [0.717, 1.165) is 12.2 Å². The zero-order valence-corrected chi connectivity index (χ0v) is 13.4. The monoisotopic (exact) mass is 314 g/mol. The van der Waals surface area contributed by atoms with Gasteiger partial charge in [0.05, 0.1) is 6.61 Å². The van der Waals surface area contributed by atoms with E-state index in [9.17, 15) is 4.79 Å². The van der Waals surface area contributed by atoms with Gasteiger partial charge in [0, 0.05) is 5.69 Å². The number of nitrogens with two attached hydrogens (primary N) is 1. The van der Waals surface area contributed by atoms with Crippen LogP contribution in [0.3, 0.4) is 0 Å². The molecule has 0 spiro atoms. The van der Waals surface area contributed by atoms with Crippen LogP contribution in [0.1, 0.15) is 19.4 Å². The first-order valence-electron chi connectivity index (χ1n) is 7.52. The Bertz CT molecular complexity index is 649. The first-order chi connectivity index (χ1) is 10.9. The lowest BCUT2D eigenvalue weighted by Crippen LogP contribution is -2.51. The van der Waals surface area contributed by atoms with E-state index in [2.05, 4.69) is 12.2 Å². The fraction of sp³-hybridized carbons (Fsp3) is 0.278. The van der Waals surface area contributed by atoms with Gasteiger partial charge in [-0.2, -0.15) is 0 Å². The predicted molar refractivity (Wildman–Crippen MR) is 90.6 cm³/mol. The predicted octanol–water partition coefficient (Wildman–Crippen LogP) is 2.69. The van der Waals surface area contributed by atoms with Crippen molar-refractivity contribution in [2.45, 2.75) is 25.8 Å². The molecule has 0 bridgehead atoms. The van der Waals surface area contributed by atoms with E-state index in [-0.39, 0.29) is 0 Å². The Labute approximate surface area is 136 Å². The Morgan fingerprint density at radius 2 is 1.65 bits per heavy atom. The van der Waals surface area contributed by atoms with Crippen molar-refractivity contribution in [2.75, 3.05) is 11.9 Å². The van der Waals surface area contributed by atoms with Crippen LogP contribution in [0.4, 0.5) is 5.69 Å². The summed E-state index contributed by atoms with van der Waals surface area (Å²) in [6.07, 6.45) is 0.989. The summed E-state index contributed by atoms with van der Waals surface area (Å²) < 4.78 is 5.75. The second-order valence-corrected chi connectivity index (χ2v) is 5.65. The highest BCUT2D eigenvalue weighted by molar-refractivity contribution is 5.97. The molecule has 122 valence electrons. The molecule has 0 aliphatic heterocycles. The third-order valence-corrected chi connectivity index (χ3v) is 3.53. The summed E-state index contributed by atoms with van der Waals surface area (Å²) in [4.78, 5) is 11.9. The van der Waals surface area contributed by atoms with E-state index in [1.54, 1.807) is 24.3 Å². The summed E-state index contributed by atoms with van der Waals surface area (Å²) in [5, 5.41) is 11.7. The summed E-state index contributed by atoms with van der Waals surface area (Å²) in [6, 6.07) is 14.9. The van der Waals surface area contributed by atoms with Crippen molar-refractivity contribution >= 4 is 11.6 Å². The molecule has 0 aromatic heterocycles. The van der Waals surface area contributed by atoms with Crippen LogP contribution in [0.25, 0.3) is 0 Å². The van der Waals surface area contributed by atoms with E-state index in [1.807, 2.05) is 24.3 Å². The SMILES string of the molecule is CCc1ccc(Oc2ccc(NC(=O)[C@@](C)(N)CO)cc2)cc1. The zero-order valence-electron chi connectivity index (χ0n) is 13.4. The third-order valence-electron chi connectivity index (χ3n) is 3.53. The molecular formula is C18H22N2O3. The lowest BCUT2D eigenvalue weighted by atomic mass is 10.0. The van der Waals surface area contributed by atoms with Crippen LogP contribution >= 0.6 is 0 Å². The number of ether oxygens (including phenoxy) is 1. The summed E-state index contributed by atoms with van der Waals surface area (Å²) in [7, 11) is 0. The molecule has 2 aromatic rings. The van der Waals surface area contributed by atoms with E-state index in [4.69, 9.17) is 15.6 Å². The second kappa shape index (κ2) is 7.26. The molecule has 1 atom stereocenters. The van der Waals surface area contributed by atoms with Gasteiger partial charge in [0.2, 0.25) is 5.91 Å². The number of nitrogens with one attached hydrogen (secondary N) is 1. The first-order valence-corrected chi connectivity index (χ1v) is 7.52. The molecule has 5 heteroatoms. The third kappa shape index (κ3) is 4.55. The molecule has 2 rings (SSSR count). The highest BCUT2D eigenvalue weighted by Gasteiger charge is 2.27. The number of anilines is 1. The molecule has 0 saturated heterocycles. The first kappa shape index (κ1) is 17.0. The van der Waals surface area contributed by atoms with Crippen molar-refractivity contribution in [1.29, 1.82) is 0 Å². The average Bonchev–Trinajstić information content (AvgIpc) is 2.57. The molecule has 0 saturated carbocycles. The number of carbonyl (C=O) groups excluding carboxylic acids is 1. The number of aliphatic hydroxyl groups excluding tert-OH is 1. The Kier molecular flexibility index (Phi) is 5.36. The fourth-order valence-electron chi connectivity index (χ4n) is 1.88. The topological polar surface area (TPSA) is 84.6 Å². The van der Waals surface area contributed by atoms with Gasteiger partial charge in [0.25, 0.3) is 0 Å². The Morgan fingerprint density at radius 3 is 2.13 bits per heavy atom. The quantitative estimate of drug-likeness (QED) is 0.765. The molecule has 0 heterocycles. The van der Waals surface area contributed by atoms with Gasteiger partial charge in [-0.1, -0.05) is 19.1 Å². The van der Waals surface area contributed by atoms with Gasteiger partial charge in [0.15, 0.2) is 0 Å². The van der Waals surface area contributed by atoms with Gasteiger partial charge in [-0.05, 0) is 55.3 Å². The maximum atomic E-state index is 11.9. The van der Waals surface area contributed by atoms with Crippen LogP contribution in [-0.2, 0) is 11.2 Å². The van der Waals surface area contributed by atoms with Gasteiger partial charge >= 0.3 is 0 Å². The summed E-state index contributed by atoms with van der Waals surface area (Å²) >= 11 is 0. The number of rotatable bonds is 6. The van der Waals surface area contributed by atoms with E-state index in [1.165, 1.54) is 12.5 Å². The van der Waals surface area contributed by atoms with Crippen molar-refractivity contribution in [2.24, 2.45) is 5.73 Å². The van der Waals surface area contributed by atoms with Crippen LogP contribution in [0.2, 0.25) is 0 Å². The van der Waals surface area contributed by atoms with Crippen LogP contribution in [0.15, 0.2) is 48.5 Å². The number of benzene rings is 2. The lowest BCUT2D eigenvalue weighted by molar-refractivity contribution is -0.121. The van der Waals surface area contributed by atoms with Gasteiger partial charge in [-0.15, -0.1) is 0 Å². The summed E-state index contributed by atoms with van der Waals surface area (Å²) in [5.41, 5.74) is 6.21. The van der Waals surface area contributed by atoms with Crippen molar-refractivity contribution in [1.82, 2.24) is 0 Å². The largest absolute Gasteiger partial charge is 0.457 e. The number of carbonyl (C=O) groups is 1. The molecule has 23 heavy (non-hydrogen) atoms. The second-order valence-electron chi connectivity index (χ2n) is 5.65. The van der Waals surface area contributed by atoms with E-state index in [0.29, 0.717) is 11.4 Å². The maximum Gasteiger partial charge on any atom is 0.246 e. The van der Waals surface area contributed by atoms with Gasteiger partial charge in [-0.3, -0.25) is 4.79 Å². The van der Waals surface area contributed by atoms with Crippen LogP contribution < -0.4 is 15.8 Å². The average molecular weight is 314 g/mol. The molecule has 1 amide bonds. The number of amides is 1. The van der Waals surface area contributed by atoms with Gasteiger partial charge in [0.1, 0.15) is 17.0 Å². The summed E-state index contributed by atoms with van der Waals surface area (Å²) in [6.45, 7) is 3.15. The number of hydrogen-bond acceptors (Lipinski definition) is 4. The molecular weight excluding hydrogens is 292 g/mol. The normalized spacial score (nSPS) is 13.2. The summed E-state index contributed by atoms with van der Waals surface area (Å²) in [5.74, 6) is 0.988. The molecule has 0 radical (unpaired) electrons. The highest BCUT2D eigenvalue weighted by atomic mass is 16.5. The maximum absolute atomic E-state index is 11.9. The number of hydrogen-bond donors (Lipinski definition) is 3. The Hall–Kier alpha value is -2.37. The van der Waals surface area contributed by atoms with Crippen molar-refractivity contribution in [3.63, 3.8) is 0 Å². The lowest BCUT2D eigenvalue weighted by Gasteiger charge is -2.20. The van der Waals surface area contributed by atoms with Crippen LogP contribution in [0, 0.1) is 0 Å². The Morgan fingerprint density at radius 1 is 1.13 bits per heavy atom. The minimum Gasteiger partial charge on any atom is -0.457 e. The van der Waals surface area contributed by atoms with Crippen LogP contribution in [0.5, 0.6) is 11.5 Å². The minimum atomic E-state index is -1.31. The number of aliphatic hydroxyl groups is 1. The molecule has 2 aromatic carbocycles. The standard InChI is InChI=1S/C18H22N2O3/c1-3-13-4-8-15(9-5-13)23-16-10-6-14(7-11-16)20-17(22)18(2,19)12-21/h4-11,21H,3,12,19H2,1-2H3,(H,20,22)/t18-/m0/s1. The molecule has 4 N–H and O–H groups in total. The molecule has 0 fully saturated rings. The zero-order chi connectivity index (χ0) is 16.9. The molecule has 0 aliphatic carbocycles.